The summed E-state index contributed by atoms with van der Waals surface area (Å²) in [5.41, 5.74) is 0. The Morgan fingerprint density at radius 3 is 3.00 bits per heavy atom. The lowest BCUT2D eigenvalue weighted by Crippen LogP contribution is -2.36. The molecule has 2 heteroatoms. The van der Waals surface area contributed by atoms with Gasteiger partial charge < -0.3 is 10.1 Å². The molecule has 0 bridgehead atoms. The normalized spacial score (nSPS) is 32.2. The van der Waals surface area contributed by atoms with E-state index in [-0.39, 0.29) is 0 Å². The third-order valence-electron chi connectivity index (χ3n) is 2.39. The predicted octanol–water partition coefficient (Wildman–Crippen LogP) is 1.55. The minimum Gasteiger partial charge on any atom is -0.378 e. The highest BCUT2D eigenvalue weighted by Crippen LogP contribution is 2.17. The van der Waals surface area contributed by atoms with Crippen LogP contribution in [0.4, 0.5) is 0 Å². The van der Waals surface area contributed by atoms with Gasteiger partial charge in [-0.05, 0) is 26.3 Å². The Balaban J connectivity index is 2.21. The van der Waals surface area contributed by atoms with Crippen LogP contribution < -0.4 is 5.32 Å². The second kappa shape index (κ2) is 4.73. The number of hydrogen-bond acceptors (Lipinski definition) is 2. The lowest BCUT2D eigenvalue weighted by Gasteiger charge is -2.29. The molecule has 0 radical (unpaired) electrons. The van der Waals surface area contributed by atoms with Gasteiger partial charge in [0.25, 0.3) is 0 Å². The summed E-state index contributed by atoms with van der Waals surface area (Å²) in [6.07, 6.45) is 5.35. The van der Waals surface area contributed by atoms with Crippen LogP contribution in [0, 0.1) is 0 Å². The van der Waals surface area contributed by atoms with Crippen molar-refractivity contribution in [2.75, 3.05) is 13.7 Å². The summed E-state index contributed by atoms with van der Waals surface area (Å²) in [4.78, 5) is 0. The summed E-state index contributed by atoms with van der Waals surface area (Å²) in [6.45, 7) is 3.16. The van der Waals surface area contributed by atoms with Crippen molar-refractivity contribution in [1.82, 2.24) is 5.32 Å². The summed E-state index contributed by atoms with van der Waals surface area (Å²) in [6, 6.07) is 0.695. The van der Waals surface area contributed by atoms with E-state index in [0.29, 0.717) is 12.1 Å². The summed E-state index contributed by atoms with van der Waals surface area (Å²) >= 11 is 0. The first-order chi connectivity index (χ1) is 5.36. The molecule has 0 aromatic heterocycles. The van der Waals surface area contributed by atoms with Crippen LogP contribution in [-0.4, -0.2) is 25.8 Å². The van der Waals surface area contributed by atoms with Gasteiger partial charge in [0.05, 0.1) is 6.10 Å². The van der Waals surface area contributed by atoms with Gasteiger partial charge in [0.2, 0.25) is 0 Å². The maximum Gasteiger partial charge on any atom is 0.0589 e. The van der Waals surface area contributed by atoms with Gasteiger partial charge in [0.15, 0.2) is 0 Å². The Morgan fingerprint density at radius 2 is 2.36 bits per heavy atom. The molecule has 0 amide bonds. The molecule has 1 fully saturated rings. The molecule has 0 saturated carbocycles. The molecule has 2 unspecified atom stereocenters. The molecule has 66 valence electrons. The molecule has 0 aromatic carbocycles. The average molecular weight is 157 g/mol. The van der Waals surface area contributed by atoms with E-state index in [2.05, 4.69) is 12.2 Å². The van der Waals surface area contributed by atoms with Gasteiger partial charge in [-0.3, -0.25) is 0 Å². The molecule has 1 aliphatic rings. The zero-order chi connectivity index (χ0) is 8.10. The molecule has 1 rings (SSSR count). The van der Waals surface area contributed by atoms with E-state index in [1.54, 1.807) is 0 Å². The summed E-state index contributed by atoms with van der Waals surface area (Å²) < 4.78 is 5.61. The Hall–Kier alpha value is -0.0800. The smallest absolute Gasteiger partial charge is 0.0589 e. The van der Waals surface area contributed by atoms with Gasteiger partial charge in [0.1, 0.15) is 0 Å². The first-order valence-corrected chi connectivity index (χ1v) is 4.65. The maximum atomic E-state index is 5.61. The van der Waals surface area contributed by atoms with Gasteiger partial charge >= 0.3 is 0 Å². The van der Waals surface area contributed by atoms with Crippen molar-refractivity contribution >= 4 is 0 Å². The van der Waals surface area contributed by atoms with E-state index < -0.39 is 0 Å². The number of nitrogens with one attached hydrogen (secondary N) is 1. The van der Waals surface area contributed by atoms with Crippen molar-refractivity contribution in [2.24, 2.45) is 0 Å². The fraction of sp³-hybridized carbons (Fsp3) is 1.00. The number of rotatable bonds is 3. The van der Waals surface area contributed by atoms with Crippen molar-refractivity contribution in [3.63, 3.8) is 0 Å². The highest BCUT2D eigenvalue weighted by molar-refractivity contribution is 4.74. The quantitative estimate of drug-likeness (QED) is 0.671. The molecule has 0 aliphatic carbocycles. The lowest BCUT2D eigenvalue weighted by molar-refractivity contribution is -0.00191. The van der Waals surface area contributed by atoms with Gasteiger partial charge in [-0.2, -0.15) is 0 Å². The Morgan fingerprint density at radius 1 is 1.55 bits per heavy atom. The van der Waals surface area contributed by atoms with Crippen LogP contribution in [-0.2, 0) is 4.74 Å². The fourth-order valence-electron chi connectivity index (χ4n) is 1.67. The molecule has 0 aromatic rings. The van der Waals surface area contributed by atoms with Crippen LogP contribution in [0.15, 0.2) is 0 Å². The van der Waals surface area contributed by atoms with Gasteiger partial charge in [0, 0.05) is 12.6 Å². The fourth-order valence-corrected chi connectivity index (χ4v) is 1.67. The largest absolute Gasteiger partial charge is 0.378 e. The zero-order valence-corrected chi connectivity index (χ0v) is 7.60. The number of ether oxygens (including phenoxy) is 1. The monoisotopic (exact) mass is 157 g/mol. The second-order valence-corrected chi connectivity index (χ2v) is 3.29. The first-order valence-electron chi connectivity index (χ1n) is 4.65. The Labute approximate surface area is 69.3 Å². The van der Waals surface area contributed by atoms with Crippen molar-refractivity contribution in [3.05, 3.63) is 0 Å². The van der Waals surface area contributed by atoms with Crippen molar-refractivity contribution in [1.29, 1.82) is 0 Å². The third kappa shape index (κ3) is 2.80. The van der Waals surface area contributed by atoms with Crippen LogP contribution in [0.1, 0.15) is 32.6 Å². The van der Waals surface area contributed by atoms with Crippen molar-refractivity contribution in [3.8, 4) is 0 Å². The average Bonchev–Trinajstić information content (AvgIpc) is 2.06. The third-order valence-corrected chi connectivity index (χ3v) is 2.39. The SMILES string of the molecule is CCCC1CC(NC)CCO1. The van der Waals surface area contributed by atoms with E-state index in [4.69, 9.17) is 4.74 Å². The summed E-state index contributed by atoms with van der Waals surface area (Å²) in [5, 5.41) is 3.31. The van der Waals surface area contributed by atoms with E-state index >= 15 is 0 Å². The van der Waals surface area contributed by atoms with Crippen molar-refractivity contribution < 1.29 is 4.74 Å². The molecule has 11 heavy (non-hydrogen) atoms. The number of hydrogen-bond donors (Lipinski definition) is 1. The second-order valence-electron chi connectivity index (χ2n) is 3.29. The molecule has 1 heterocycles. The lowest BCUT2D eigenvalue weighted by atomic mass is 10.0. The Kier molecular flexibility index (Phi) is 3.87. The topological polar surface area (TPSA) is 21.3 Å². The van der Waals surface area contributed by atoms with Gasteiger partial charge in [-0.1, -0.05) is 13.3 Å². The molecular weight excluding hydrogens is 138 g/mol. The van der Waals surface area contributed by atoms with E-state index in [1.165, 1.54) is 25.7 Å². The highest BCUT2D eigenvalue weighted by atomic mass is 16.5. The van der Waals surface area contributed by atoms with Gasteiger partial charge in [-0.25, -0.2) is 0 Å². The maximum absolute atomic E-state index is 5.61. The molecular formula is C9H19NO. The van der Waals surface area contributed by atoms with E-state index in [1.807, 2.05) is 7.05 Å². The minimum absolute atomic E-state index is 0.520. The Bertz CT molecular complexity index is 104. The minimum atomic E-state index is 0.520. The molecule has 1 saturated heterocycles. The molecule has 1 N–H and O–H groups in total. The standard InChI is InChI=1S/C9H19NO/c1-3-4-9-7-8(10-2)5-6-11-9/h8-10H,3-7H2,1-2H3. The molecule has 2 atom stereocenters. The van der Waals surface area contributed by atoms with Crippen LogP contribution in [0.25, 0.3) is 0 Å². The predicted molar refractivity (Wildman–Crippen MR) is 46.7 cm³/mol. The summed E-state index contributed by atoms with van der Waals surface area (Å²) in [7, 11) is 2.04. The van der Waals surface area contributed by atoms with Crippen LogP contribution in [0.2, 0.25) is 0 Å². The highest BCUT2D eigenvalue weighted by Gasteiger charge is 2.19. The zero-order valence-electron chi connectivity index (χ0n) is 7.60. The van der Waals surface area contributed by atoms with Crippen LogP contribution in [0.5, 0.6) is 0 Å². The van der Waals surface area contributed by atoms with Crippen molar-refractivity contribution in [2.45, 2.75) is 44.8 Å². The molecule has 0 spiro atoms. The van der Waals surface area contributed by atoms with Gasteiger partial charge in [-0.15, -0.1) is 0 Å². The first kappa shape index (κ1) is 9.01. The van der Waals surface area contributed by atoms with Crippen LogP contribution >= 0.6 is 0 Å². The molecule has 2 nitrogen and oxygen atoms in total. The molecule has 1 aliphatic heterocycles. The van der Waals surface area contributed by atoms with E-state index in [0.717, 1.165) is 6.61 Å². The summed E-state index contributed by atoms with van der Waals surface area (Å²) in [5.74, 6) is 0. The van der Waals surface area contributed by atoms with Crippen LogP contribution in [0.3, 0.4) is 0 Å². The van der Waals surface area contributed by atoms with E-state index in [9.17, 15) is 0 Å².